The van der Waals surface area contributed by atoms with Crippen molar-refractivity contribution in [2.75, 3.05) is 0 Å². The Kier molecular flexibility index (Phi) is 16.9. The number of carboxylic acid groups (broad SMARTS) is 2. The van der Waals surface area contributed by atoms with Crippen molar-refractivity contribution in [3.05, 3.63) is 0 Å². The molecule has 0 heterocycles. The van der Waals surface area contributed by atoms with Crippen LogP contribution in [0.2, 0.25) is 0 Å². The van der Waals surface area contributed by atoms with Gasteiger partial charge in [0.25, 0.3) is 0 Å². The topological polar surface area (TPSA) is 132 Å². The third-order valence-electron chi connectivity index (χ3n) is 1.34. The minimum Gasteiger partial charge on any atom is -0.479 e. The molecule has 0 aliphatic rings. The molecule has 2 unspecified atom stereocenters. The lowest BCUT2D eigenvalue weighted by atomic mass is 10.3. The van der Waals surface area contributed by atoms with Gasteiger partial charge in [-0.25, -0.2) is 9.59 Å². The fraction of sp³-hybridized carbons (Fsp3) is 0.667. The summed E-state index contributed by atoms with van der Waals surface area (Å²) in [4.78, 5) is 27.4. The van der Waals surface area contributed by atoms with Crippen molar-refractivity contribution in [1.82, 2.24) is 0 Å². The maximum Gasteiger partial charge on any atom is 0.332 e. The Labute approximate surface area is 93.3 Å². The number of hydrogen-bond acceptors (Lipinski definition) is 5. The molecule has 2 atom stereocenters. The number of carbonyl (C=O) groups excluding carboxylic acids is 1. The molecule has 0 aromatic heterocycles. The van der Waals surface area contributed by atoms with Gasteiger partial charge in [0.15, 0.2) is 12.2 Å². The first-order chi connectivity index (χ1) is 7.36. The number of carboxylic acids is 2. The van der Waals surface area contributed by atoms with Crippen LogP contribution in [-0.2, 0) is 14.4 Å². The van der Waals surface area contributed by atoms with Gasteiger partial charge in [-0.3, -0.25) is 0 Å². The van der Waals surface area contributed by atoms with Crippen molar-refractivity contribution in [1.29, 1.82) is 0 Å². The van der Waals surface area contributed by atoms with Crippen LogP contribution in [0.3, 0.4) is 0 Å². The fourth-order valence-electron chi connectivity index (χ4n) is 0.349. The lowest BCUT2D eigenvalue weighted by molar-refractivity contribution is -0.147. The normalized spacial score (nSPS) is 12.0. The molecule has 7 nitrogen and oxygen atoms in total. The largest absolute Gasteiger partial charge is 0.479 e. The van der Waals surface area contributed by atoms with E-state index in [4.69, 9.17) is 25.2 Å². The second-order valence-electron chi connectivity index (χ2n) is 2.52. The second-order valence-corrected chi connectivity index (χ2v) is 2.52. The third kappa shape index (κ3) is 15.0. The van der Waals surface area contributed by atoms with E-state index >= 15 is 0 Å². The molecule has 16 heavy (non-hydrogen) atoms. The van der Waals surface area contributed by atoms with Gasteiger partial charge < -0.3 is 25.2 Å². The van der Waals surface area contributed by atoms with Gasteiger partial charge in [0.2, 0.25) is 0 Å². The summed E-state index contributed by atoms with van der Waals surface area (Å²) >= 11 is 0. The van der Waals surface area contributed by atoms with E-state index in [9.17, 15) is 9.59 Å². The zero-order valence-corrected chi connectivity index (χ0v) is 9.29. The van der Waals surface area contributed by atoms with Gasteiger partial charge in [-0.2, -0.15) is 0 Å². The Bertz CT molecular complexity index is 172. The summed E-state index contributed by atoms with van der Waals surface area (Å²) in [7, 11) is 0. The summed E-state index contributed by atoms with van der Waals surface area (Å²) in [5.41, 5.74) is 0. The predicted molar refractivity (Wildman–Crippen MR) is 55.0 cm³/mol. The molecular weight excluding hydrogens is 220 g/mol. The minimum absolute atomic E-state index is 0.273. The third-order valence-corrected chi connectivity index (χ3v) is 1.34. The molecule has 0 aliphatic carbocycles. The Morgan fingerprint density at radius 3 is 1.12 bits per heavy atom. The van der Waals surface area contributed by atoms with Gasteiger partial charge in [0.05, 0.1) is 0 Å². The molecule has 0 rings (SSSR count). The summed E-state index contributed by atoms with van der Waals surface area (Å²) in [5.74, 6) is -2.30. The summed E-state index contributed by atoms with van der Waals surface area (Å²) in [6.45, 7) is 5.22. The highest BCUT2D eigenvalue weighted by molar-refractivity contribution is 5.71. The number of aliphatic carboxylic acids is 2. The van der Waals surface area contributed by atoms with Gasteiger partial charge in [-0.15, -0.1) is 0 Å². The molecule has 0 spiro atoms. The average Bonchev–Trinajstić information content (AvgIpc) is 2.29. The quantitative estimate of drug-likeness (QED) is 0.519. The smallest absolute Gasteiger partial charge is 0.332 e. The first kappa shape index (κ1) is 20.0. The predicted octanol–water partition coefficient (Wildman–Crippen LogP) is -0.501. The van der Waals surface area contributed by atoms with Crippen LogP contribution in [0.1, 0.15) is 26.7 Å². The van der Waals surface area contributed by atoms with Crippen LogP contribution >= 0.6 is 0 Å². The highest BCUT2D eigenvalue weighted by Gasteiger charge is 2.07. The van der Waals surface area contributed by atoms with Crippen LogP contribution < -0.4 is 0 Å². The highest BCUT2D eigenvalue weighted by atomic mass is 16.4. The van der Waals surface area contributed by atoms with Crippen molar-refractivity contribution >= 4 is 18.7 Å². The van der Waals surface area contributed by atoms with E-state index in [1.165, 1.54) is 0 Å². The van der Waals surface area contributed by atoms with E-state index in [1.807, 2.05) is 6.79 Å². The number of hydrogen-bond donors (Lipinski definition) is 4. The maximum atomic E-state index is 9.68. The lowest BCUT2D eigenvalue weighted by Gasteiger charge is -1.95. The summed E-state index contributed by atoms with van der Waals surface area (Å²) in [6.07, 6.45) is -1.81. The molecule has 0 saturated heterocycles. The molecule has 0 radical (unpaired) electrons. The van der Waals surface area contributed by atoms with Gasteiger partial charge in [0.1, 0.15) is 6.79 Å². The minimum atomic E-state index is -1.18. The molecule has 7 heteroatoms. The molecule has 0 aromatic carbocycles. The fourth-order valence-corrected chi connectivity index (χ4v) is 0.349. The highest BCUT2D eigenvalue weighted by Crippen LogP contribution is 1.86. The summed E-state index contributed by atoms with van der Waals surface area (Å²) in [5, 5.41) is 32.5. The van der Waals surface area contributed by atoms with E-state index in [1.54, 1.807) is 13.8 Å². The van der Waals surface area contributed by atoms with E-state index in [0.717, 1.165) is 0 Å². The van der Waals surface area contributed by atoms with Crippen molar-refractivity contribution in [2.45, 2.75) is 38.9 Å². The summed E-state index contributed by atoms with van der Waals surface area (Å²) < 4.78 is 0. The maximum absolute atomic E-state index is 9.68. The number of carbonyl (C=O) groups is 3. The van der Waals surface area contributed by atoms with Crippen molar-refractivity contribution in [2.24, 2.45) is 0 Å². The Hall–Kier alpha value is -1.47. The molecule has 0 aromatic rings. The number of rotatable bonds is 4. The second kappa shape index (κ2) is 13.5. The van der Waals surface area contributed by atoms with E-state index < -0.39 is 24.1 Å². The lowest BCUT2D eigenvalue weighted by Crippen LogP contribution is -2.17. The van der Waals surface area contributed by atoms with Crippen LogP contribution in [0, 0.1) is 0 Å². The zero-order chi connectivity index (χ0) is 13.7. The standard InChI is InChI=1S/2C4H8O3.CH2O/c2*1-2-3(5)4(6)7;1-2/h2*3,5H,2H2,1H3,(H,6,7);1H2. The first-order valence-corrected chi connectivity index (χ1v) is 4.47. The first-order valence-electron chi connectivity index (χ1n) is 4.47. The molecule has 0 aliphatic heterocycles. The van der Waals surface area contributed by atoms with Crippen molar-refractivity contribution in [3.63, 3.8) is 0 Å². The van der Waals surface area contributed by atoms with Crippen LogP contribution in [-0.4, -0.2) is 51.4 Å². The van der Waals surface area contributed by atoms with Gasteiger partial charge in [0, 0.05) is 0 Å². The number of aliphatic hydroxyl groups excluding tert-OH is 2. The monoisotopic (exact) mass is 238 g/mol. The molecule has 0 saturated carbocycles. The Balaban J connectivity index is -0.000000183. The Morgan fingerprint density at radius 2 is 1.12 bits per heavy atom. The van der Waals surface area contributed by atoms with Crippen LogP contribution in [0.4, 0.5) is 0 Å². The summed E-state index contributed by atoms with van der Waals surface area (Å²) in [6, 6.07) is 0. The SMILES string of the molecule is C=O.CCC(O)C(=O)O.CCC(O)C(=O)O. The molecule has 0 fully saturated rings. The van der Waals surface area contributed by atoms with Crippen LogP contribution in [0.5, 0.6) is 0 Å². The molecule has 0 bridgehead atoms. The molecule has 96 valence electrons. The average molecular weight is 238 g/mol. The van der Waals surface area contributed by atoms with Crippen molar-refractivity contribution < 1.29 is 34.8 Å². The van der Waals surface area contributed by atoms with E-state index in [0.29, 0.717) is 0 Å². The zero-order valence-electron chi connectivity index (χ0n) is 9.29. The van der Waals surface area contributed by atoms with Gasteiger partial charge in [-0.05, 0) is 12.8 Å². The van der Waals surface area contributed by atoms with Gasteiger partial charge >= 0.3 is 11.9 Å². The van der Waals surface area contributed by atoms with Crippen LogP contribution in [0.15, 0.2) is 0 Å². The molecular formula is C9H18O7. The van der Waals surface area contributed by atoms with Gasteiger partial charge in [-0.1, -0.05) is 13.8 Å². The number of aliphatic hydroxyl groups is 2. The van der Waals surface area contributed by atoms with E-state index in [2.05, 4.69) is 0 Å². The molecule has 4 N–H and O–H groups in total. The van der Waals surface area contributed by atoms with Crippen LogP contribution in [0.25, 0.3) is 0 Å². The Morgan fingerprint density at radius 1 is 0.938 bits per heavy atom. The van der Waals surface area contributed by atoms with Crippen molar-refractivity contribution in [3.8, 4) is 0 Å². The van der Waals surface area contributed by atoms with E-state index in [-0.39, 0.29) is 12.8 Å². The molecule has 0 amide bonds.